The molecular weight excluding hydrogens is 181 g/mol. The summed E-state index contributed by atoms with van der Waals surface area (Å²) in [5, 5.41) is 0. The molecule has 0 fully saturated rings. The first kappa shape index (κ1) is 7.56. The third kappa shape index (κ3) is 6.56. The Hall–Kier alpha value is 0.560. The Morgan fingerprint density at radius 1 is 1.29 bits per heavy atom. The van der Waals surface area contributed by atoms with Crippen LogP contribution < -0.4 is 0 Å². The van der Waals surface area contributed by atoms with Gasteiger partial charge in [-0.2, -0.15) is 0 Å². The molecule has 0 rings (SSSR count). The van der Waals surface area contributed by atoms with Gasteiger partial charge in [-0.1, -0.05) is 0 Å². The summed E-state index contributed by atoms with van der Waals surface area (Å²) in [6, 6.07) is 0. The summed E-state index contributed by atoms with van der Waals surface area (Å²) < 4.78 is 7.25. The Morgan fingerprint density at radius 3 is 1.71 bits per heavy atom. The quantitative estimate of drug-likeness (QED) is 0.249. The fourth-order valence-electron chi connectivity index (χ4n) is 0.0559. The molecule has 0 bridgehead atoms. The second kappa shape index (κ2) is 2.77. The molecule has 7 heteroatoms. The Bertz CT molecular complexity index is 46.5. The van der Waals surface area contributed by atoms with Crippen molar-refractivity contribution < 1.29 is 22.9 Å². The maximum absolute atomic E-state index is 7.92. The fraction of sp³-hybridized carbons (Fsp3) is 0. The van der Waals surface area contributed by atoms with Crippen LogP contribution in [0.15, 0.2) is 0 Å². The average Bonchev–Trinajstić information content (AvgIpc) is 1.30. The van der Waals surface area contributed by atoms with Crippen LogP contribution in [0.4, 0.5) is 0 Å². The molecule has 0 aliphatic carbocycles. The van der Waals surface area contributed by atoms with Crippen molar-refractivity contribution in [2.24, 2.45) is 0 Å². The van der Waals surface area contributed by atoms with Gasteiger partial charge < -0.3 is 0 Å². The fourth-order valence-corrected chi connectivity index (χ4v) is 0.871. The van der Waals surface area contributed by atoms with Gasteiger partial charge in [0.2, 0.25) is 0 Å². The number of hydrogen-bond acceptors (Lipinski definition) is 5. The van der Waals surface area contributed by atoms with E-state index in [0.29, 0.717) is 0 Å². The van der Waals surface area contributed by atoms with Crippen LogP contribution in [0, 0.1) is 0 Å². The number of hydrogen-bond donors (Lipinski definition) is 3. The van der Waals surface area contributed by atoms with Crippen molar-refractivity contribution in [2.75, 3.05) is 0 Å². The molecule has 0 saturated heterocycles. The van der Waals surface area contributed by atoms with Gasteiger partial charge in [0.1, 0.15) is 0 Å². The van der Waals surface area contributed by atoms with Crippen LogP contribution in [0.2, 0.25) is 0 Å². The SMILES string of the molecule is O[Si](O)(O)O[O][Ge]. The van der Waals surface area contributed by atoms with E-state index in [4.69, 9.17) is 14.4 Å². The molecule has 0 spiro atoms. The van der Waals surface area contributed by atoms with Crippen LogP contribution in [-0.2, 0) is 8.49 Å². The summed E-state index contributed by atoms with van der Waals surface area (Å²) >= 11 is 1.06. The number of rotatable bonds is 2. The van der Waals surface area contributed by atoms with Crippen LogP contribution in [0.5, 0.6) is 0 Å². The Balaban J connectivity index is 3.15. The molecule has 5 nitrogen and oxygen atoms in total. The predicted molar refractivity (Wildman–Crippen MR) is 20.3 cm³/mol. The standard InChI is InChI=1S/GeH3O5Si/c1-5-6-7(2,3)4/h2-4H. The molecule has 0 heterocycles. The molecule has 3 radical (unpaired) electrons. The van der Waals surface area contributed by atoms with Crippen LogP contribution in [-0.4, -0.2) is 40.3 Å². The van der Waals surface area contributed by atoms with E-state index in [1.807, 2.05) is 0 Å². The summed E-state index contributed by atoms with van der Waals surface area (Å²) in [6.07, 6.45) is 0. The van der Waals surface area contributed by atoms with E-state index in [1.165, 1.54) is 0 Å². The molecule has 0 unspecified atom stereocenters. The van der Waals surface area contributed by atoms with Gasteiger partial charge in [0.05, 0.1) is 0 Å². The Kier molecular flexibility index (Phi) is 2.99. The van der Waals surface area contributed by atoms with Gasteiger partial charge in [-0.3, -0.25) is 0 Å². The van der Waals surface area contributed by atoms with Gasteiger partial charge in [0.15, 0.2) is 0 Å². The van der Waals surface area contributed by atoms with Crippen molar-refractivity contribution in [1.29, 1.82) is 0 Å². The zero-order valence-corrected chi connectivity index (χ0v) is 6.26. The molecule has 7 heavy (non-hydrogen) atoms. The van der Waals surface area contributed by atoms with E-state index in [2.05, 4.69) is 8.49 Å². The first-order valence-corrected chi connectivity index (χ1v) is 3.85. The van der Waals surface area contributed by atoms with E-state index in [-0.39, 0.29) is 0 Å². The van der Waals surface area contributed by atoms with E-state index >= 15 is 0 Å². The van der Waals surface area contributed by atoms with Gasteiger partial charge >= 0.3 is 48.8 Å². The zero-order valence-electron chi connectivity index (χ0n) is 3.16. The van der Waals surface area contributed by atoms with Crippen molar-refractivity contribution in [3.05, 3.63) is 0 Å². The van der Waals surface area contributed by atoms with Crippen molar-refractivity contribution in [1.82, 2.24) is 0 Å². The molecule has 0 amide bonds. The Morgan fingerprint density at radius 2 is 1.71 bits per heavy atom. The van der Waals surface area contributed by atoms with E-state index in [9.17, 15) is 0 Å². The molecule has 0 saturated carbocycles. The topological polar surface area (TPSA) is 79.2 Å². The molecule has 41 valence electrons. The van der Waals surface area contributed by atoms with Crippen molar-refractivity contribution in [3.63, 3.8) is 0 Å². The summed E-state index contributed by atoms with van der Waals surface area (Å²) in [6.45, 7) is 0. The third-order valence-electron chi connectivity index (χ3n) is 0.153. The first-order chi connectivity index (χ1) is 3.06. The van der Waals surface area contributed by atoms with Gasteiger partial charge in [-0.05, 0) is 0 Å². The minimum absolute atomic E-state index is 1.06. The summed E-state index contributed by atoms with van der Waals surface area (Å²) in [4.78, 5) is 23.8. The van der Waals surface area contributed by atoms with Crippen molar-refractivity contribution >= 4 is 25.9 Å². The van der Waals surface area contributed by atoms with E-state index in [0.717, 1.165) is 16.9 Å². The first-order valence-electron chi connectivity index (χ1n) is 1.25. The molecule has 0 aliphatic heterocycles. The molecule has 0 aromatic heterocycles. The minimum atomic E-state index is -4.38. The van der Waals surface area contributed by atoms with Crippen molar-refractivity contribution in [2.45, 2.75) is 0 Å². The molecule has 0 aromatic rings. The molecule has 0 aliphatic rings. The van der Waals surface area contributed by atoms with Crippen LogP contribution in [0.25, 0.3) is 0 Å². The van der Waals surface area contributed by atoms with Gasteiger partial charge in [-0.25, -0.2) is 0 Å². The van der Waals surface area contributed by atoms with Crippen LogP contribution in [0.3, 0.4) is 0 Å². The summed E-state index contributed by atoms with van der Waals surface area (Å²) in [5.41, 5.74) is 0. The normalized spacial score (nSPS) is 12.0. The van der Waals surface area contributed by atoms with Crippen LogP contribution >= 0.6 is 0 Å². The summed E-state index contributed by atoms with van der Waals surface area (Å²) in [5.74, 6) is 0. The second-order valence-electron chi connectivity index (χ2n) is 0.741. The third-order valence-corrected chi connectivity index (χ3v) is 0.985. The molecule has 0 aromatic carbocycles. The van der Waals surface area contributed by atoms with E-state index < -0.39 is 9.05 Å². The molecular formula is H3GeO5Si. The zero-order chi connectivity index (χ0) is 5.91. The average molecular weight is 184 g/mol. The van der Waals surface area contributed by atoms with E-state index in [1.54, 1.807) is 0 Å². The predicted octanol–water partition coefficient (Wildman–Crippen LogP) is -2.57. The molecule has 3 N–H and O–H groups in total. The van der Waals surface area contributed by atoms with Gasteiger partial charge in [-0.15, -0.1) is 0 Å². The molecule has 0 atom stereocenters. The Labute approximate surface area is 49.5 Å². The van der Waals surface area contributed by atoms with Crippen LogP contribution in [0.1, 0.15) is 0 Å². The second-order valence-corrected chi connectivity index (χ2v) is 2.40. The van der Waals surface area contributed by atoms with Gasteiger partial charge in [0.25, 0.3) is 0 Å². The maximum atomic E-state index is 7.92. The monoisotopic (exact) mass is 185 g/mol. The van der Waals surface area contributed by atoms with Gasteiger partial charge in [0, 0.05) is 0 Å². The summed E-state index contributed by atoms with van der Waals surface area (Å²) in [7, 11) is -4.38. The van der Waals surface area contributed by atoms with Crippen molar-refractivity contribution in [3.8, 4) is 0 Å².